The highest BCUT2D eigenvalue weighted by Crippen LogP contribution is 2.24. The Morgan fingerprint density at radius 3 is 2.70 bits per heavy atom. The van der Waals surface area contributed by atoms with Crippen molar-refractivity contribution in [2.75, 3.05) is 11.1 Å². The Bertz CT molecular complexity index is 699. The first-order valence-electron chi connectivity index (χ1n) is 5.46. The number of carbonyl (C=O) groups is 2. The predicted molar refractivity (Wildman–Crippen MR) is 72.6 cm³/mol. The first-order valence-corrected chi connectivity index (χ1v) is 6.28. The van der Waals surface area contributed by atoms with Gasteiger partial charge in [0.15, 0.2) is 5.13 Å². The maximum absolute atomic E-state index is 13.7. The summed E-state index contributed by atoms with van der Waals surface area (Å²) in [5.41, 5.74) is 5.18. The van der Waals surface area contributed by atoms with Crippen LogP contribution in [0.15, 0.2) is 18.2 Å². The highest BCUT2D eigenvalue weighted by Gasteiger charge is 2.20. The van der Waals surface area contributed by atoms with Gasteiger partial charge >= 0.3 is 5.97 Å². The maximum atomic E-state index is 13.7. The van der Waals surface area contributed by atoms with Gasteiger partial charge in [0.1, 0.15) is 10.7 Å². The lowest BCUT2D eigenvalue weighted by atomic mass is 10.1. The van der Waals surface area contributed by atoms with E-state index in [0.717, 1.165) is 17.4 Å². The molecule has 0 saturated heterocycles. The zero-order chi connectivity index (χ0) is 14.9. The lowest BCUT2D eigenvalue weighted by molar-refractivity contribution is 0.0697. The molecule has 1 amide bonds. The molecule has 104 valence electrons. The Kier molecular flexibility index (Phi) is 3.66. The topological polar surface area (TPSA) is 105 Å². The van der Waals surface area contributed by atoms with Crippen LogP contribution in [0.4, 0.5) is 15.2 Å². The maximum Gasteiger partial charge on any atom is 0.337 e. The lowest BCUT2D eigenvalue weighted by Gasteiger charge is -2.08. The quantitative estimate of drug-likeness (QED) is 0.804. The van der Waals surface area contributed by atoms with Crippen LogP contribution in [0.5, 0.6) is 0 Å². The summed E-state index contributed by atoms with van der Waals surface area (Å²) in [7, 11) is 0. The van der Waals surface area contributed by atoms with E-state index < -0.39 is 17.7 Å². The molecule has 1 aromatic heterocycles. The molecule has 0 bridgehead atoms. The summed E-state index contributed by atoms with van der Waals surface area (Å²) in [5, 5.41) is 11.4. The van der Waals surface area contributed by atoms with E-state index in [1.807, 2.05) is 0 Å². The van der Waals surface area contributed by atoms with Crippen molar-refractivity contribution in [3.05, 3.63) is 40.2 Å². The number of carboxylic acid groups (broad SMARTS) is 1. The summed E-state index contributed by atoms with van der Waals surface area (Å²) in [4.78, 5) is 27.1. The smallest absolute Gasteiger partial charge is 0.337 e. The van der Waals surface area contributed by atoms with Gasteiger partial charge in [-0.15, -0.1) is 0 Å². The highest BCUT2D eigenvalue weighted by atomic mass is 32.1. The van der Waals surface area contributed by atoms with Crippen LogP contribution in [-0.4, -0.2) is 22.0 Å². The second kappa shape index (κ2) is 5.25. The number of carboxylic acids is 1. The number of nitrogens with one attached hydrogen (secondary N) is 1. The molecule has 20 heavy (non-hydrogen) atoms. The summed E-state index contributed by atoms with van der Waals surface area (Å²) in [6, 6.07) is 3.52. The Labute approximate surface area is 117 Å². The van der Waals surface area contributed by atoms with Gasteiger partial charge in [0, 0.05) is 0 Å². The van der Waals surface area contributed by atoms with Crippen molar-refractivity contribution in [1.29, 1.82) is 0 Å². The molecule has 6 nitrogen and oxygen atoms in total. The monoisotopic (exact) mass is 295 g/mol. The summed E-state index contributed by atoms with van der Waals surface area (Å²) >= 11 is 0.947. The number of rotatable bonds is 3. The van der Waals surface area contributed by atoms with E-state index in [0.29, 0.717) is 5.69 Å². The number of halogens is 1. The molecular formula is C12H10FN3O3S. The summed E-state index contributed by atoms with van der Waals surface area (Å²) in [5.74, 6) is -2.81. The number of hydrogen-bond donors (Lipinski definition) is 3. The van der Waals surface area contributed by atoms with Gasteiger partial charge in [0.05, 0.1) is 16.9 Å². The Balaban J connectivity index is 2.37. The van der Waals surface area contributed by atoms with Gasteiger partial charge in [-0.25, -0.2) is 14.2 Å². The molecule has 2 aromatic rings. The number of aromatic carboxylic acids is 1. The summed E-state index contributed by atoms with van der Waals surface area (Å²) in [6.45, 7) is 1.58. The number of aryl methyl sites for hydroxylation is 1. The number of anilines is 2. The number of aromatic nitrogens is 1. The average Bonchev–Trinajstić information content (AvgIpc) is 2.70. The number of benzene rings is 1. The normalized spacial score (nSPS) is 10.3. The number of nitrogen functional groups attached to an aromatic ring is 1. The van der Waals surface area contributed by atoms with Crippen molar-refractivity contribution < 1.29 is 19.1 Å². The van der Waals surface area contributed by atoms with Crippen LogP contribution in [0.3, 0.4) is 0 Å². The van der Waals surface area contributed by atoms with Crippen LogP contribution >= 0.6 is 11.3 Å². The van der Waals surface area contributed by atoms with Crippen molar-refractivity contribution in [2.24, 2.45) is 0 Å². The zero-order valence-corrected chi connectivity index (χ0v) is 11.1. The summed E-state index contributed by atoms with van der Waals surface area (Å²) in [6.07, 6.45) is 0. The molecule has 0 radical (unpaired) electrons. The third-order valence-electron chi connectivity index (χ3n) is 2.50. The first kappa shape index (κ1) is 13.9. The van der Waals surface area contributed by atoms with Gasteiger partial charge in [-0.05, 0) is 19.1 Å². The standard InChI is InChI=1S/C12H10FN3O3S/c1-5-9(20-12(14)15-5)10(17)16-8-6(11(18)19)3-2-4-7(8)13/h2-4H,1H3,(H2,14,15)(H,16,17)(H,18,19). The van der Waals surface area contributed by atoms with E-state index in [4.69, 9.17) is 10.8 Å². The minimum Gasteiger partial charge on any atom is -0.478 e. The molecular weight excluding hydrogens is 285 g/mol. The van der Waals surface area contributed by atoms with Gasteiger partial charge in [0.25, 0.3) is 5.91 Å². The van der Waals surface area contributed by atoms with E-state index >= 15 is 0 Å². The molecule has 0 aliphatic rings. The van der Waals surface area contributed by atoms with Gasteiger partial charge < -0.3 is 16.2 Å². The lowest BCUT2D eigenvalue weighted by Crippen LogP contribution is -2.16. The molecule has 4 N–H and O–H groups in total. The molecule has 2 rings (SSSR count). The molecule has 0 aliphatic carbocycles. The van der Waals surface area contributed by atoms with E-state index in [-0.39, 0.29) is 21.3 Å². The Morgan fingerprint density at radius 1 is 1.45 bits per heavy atom. The van der Waals surface area contributed by atoms with E-state index in [1.54, 1.807) is 6.92 Å². The average molecular weight is 295 g/mol. The van der Waals surface area contributed by atoms with Gasteiger partial charge in [-0.2, -0.15) is 0 Å². The largest absolute Gasteiger partial charge is 0.478 e. The van der Waals surface area contributed by atoms with Crippen LogP contribution < -0.4 is 11.1 Å². The molecule has 0 aliphatic heterocycles. The molecule has 1 heterocycles. The first-order chi connectivity index (χ1) is 9.40. The molecule has 1 aromatic carbocycles. The van der Waals surface area contributed by atoms with Crippen molar-refractivity contribution in [2.45, 2.75) is 6.92 Å². The third kappa shape index (κ3) is 2.59. The van der Waals surface area contributed by atoms with Crippen molar-refractivity contribution in [3.8, 4) is 0 Å². The fourth-order valence-electron chi connectivity index (χ4n) is 1.63. The number of para-hydroxylation sites is 1. The SMILES string of the molecule is Cc1nc(N)sc1C(=O)Nc1c(F)cccc1C(=O)O. The molecule has 0 spiro atoms. The Hall–Kier alpha value is -2.48. The van der Waals surface area contributed by atoms with Gasteiger partial charge in [0.2, 0.25) is 0 Å². The van der Waals surface area contributed by atoms with Crippen LogP contribution in [-0.2, 0) is 0 Å². The van der Waals surface area contributed by atoms with E-state index in [1.165, 1.54) is 12.1 Å². The summed E-state index contributed by atoms with van der Waals surface area (Å²) < 4.78 is 13.7. The van der Waals surface area contributed by atoms with Crippen molar-refractivity contribution in [3.63, 3.8) is 0 Å². The Morgan fingerprint density at radius 2 is 2.15 bits per heavy atom. The highest BCUT2D eigenvalue weighted by molar-refractivity contribution is 7.17. The second-order valence-corrected chi connectivity index (χ2v) is 4.92. The minimum atomic E-state index is -1.33. The van der Waals surface area contributed by atoms with Crippen molar-refractivity contribution in [1.82, 2.24) is 4.98 Å². The number of nitrogens with zero attached hydrogens (tertiary/aromatic N) is 1. The van der Waals surface area contributed by atoms with Crippen LogP contribution in [0.1, 0.15) is 25.7 Å². The molecule has 0 unspecified atom stereocenters. The zero-order valence-electron chi connectivity index (χ0n) is 10.3. The van der Waals surface area contributed by atoms with Crippen LogP contribution in [0, 0.1) is 12.7 Å². The molecule has 0 saturated carbocycles. The van der Waals surface area contributed by atoms with Gasteiger partial charge in [-0.1, -0.05) is 17.4 Å². The third-order valence-corrected chi connectivity index (χ3v) is 3.49. The molecule has 0 fully saturated rings. The number of thiazole rings is 1. The van der Waals surface area contributed by atoms with E-state index in [9.17, 15) is 14.0 Å². The second-order valence-electron chi connectivity index (χ2n) is 3.89. The molecule has 0 atom stereocenters. The number of amides is 1. The molecule has 8 heteroatoms. The van der Waals surface area contributed by atoms with Crippen LogP contribution in [0.2, 0.25) is 0 Å². The predicted octanol–water partition coefficient (Wildman–Crippen LogP) is 2.12. The van der Waals surface area contributed by atoms with Gasteiger partial charge in [-0.3, -0.25) is 4.79 Å². The van der Waals surface area contributed by atoms with E-state index in [2.05, 4.69) is 10.3 Å². The fraction of sp³-hybridized carbons (Fsp3) is 0.0833. The fourth-order valence-corrected chi connectivity index (χ4v) is 2.36. The minimum absolute atomic E-state index is 0.208. The van der Waals surface area contributed by atoms with Crippen LogP contribution in [0.25, 0.3) is 0 Å². The number of carbonyl (C=O) groups excluding carboxylic acids is 1. The number of nitrogens with two attached hydrogens (primary N) is 1. The van der Waals surface area contributed by atoms with Crippen molar-refractivity contribution >= 4 is 34.0 Å². The number of hydrogen-bond acceptors (Lipinski definition) is 5.